The van der Waals surface area contributed by atoms with Crippen LogP contribution in [0.1, 0.15) is 12.2 Å². The van der Waals surface area contributed by atoms with E-state index in [2.05, 4.69) is 20.2 Å². The number of hydrogen-bond donors (Lipinski definition) is 2. The van der Waals surface area contributed by atoms with Crippen molar-refractivity contribution in [3.8, 4) is 10.7 Å². The maximum Gasteiger partial charge on any atom is 0.294 e. The van der Waals surface area contributed by atoms with Crippen LogP contribution in [0, 0.1) is 0 Å². The van der Waals surface area contributed by atoms with Gasteiger partial charge in [0.1, 0.15) is 16.9 Å². The Labute approximate surface area is 183 Å². The molecule has 1 amide bonds. The van der Waals surface area contributed by atoms with Gasteiger partial charge in [-0.1, -0.05) is 30.0 Å². The third-order valence-electron chi connectivity index (χ3n) is 4.66. The number of nitrogens with one attached hydrogen (secondary N) is 1. The van der Waals surface area contributed by atoms with Crippen molar-refractivity contribution in [3.05, 3.63) is 58.0 Å². The number of nitrogens with zero attached hydrogens (tertiary/aromatic N) is 4. The normalized spacial score (nSPS) is 11.5. The second kappa shape index (κ2) is 8.00. The molecule has 156 valence electrons. The number of benzene rings is 1. The molecule has 0 saturated heterocycles. The summed E-state index contributed by atoms with van der Waals surface area (Å²) in [6.07, 6.45) is 0.173. The molecule has 5 aromatic rings. The number of hydrogen-bond acceptors (Lipinski definition) is 8. The Bertz CT molecular complexity index is 1450. The molecule has 1 aromatic carbocycles. The maximum absolute atomic E-state index is 12.5. The quantitative estimate of drug-likeness (QED) is 0.362. The summed E-state index contributed by atoms with van der Waals surface area (Å²) in [6, 6.07) is 11.3. The number of aromatic nitrogens is 5. The predicted octanol–water partition coefficient (Wildman–Crippen LogP) is 3.16. The average molecular weight is 453 g/mol. The largest absolute Gasteiger partial charge is 0.449 e. The summed E-state index contributed by atoms with van der Waals surface area (Å²) in [5.74, 6) is 1.14. The standard InChI is InChI=1S/C20H16N6O3S2/c21-14(27)7-8-26-18(13-6-3-9-30-13)24-25-20(26)31-10-15-22-16-11-4-1-2-5-12(11)29-17(16)19(28)23-15/h1-6,9H,7-8,10H2,(H2,21,27)(H,22,23,28). The van der Waals surface area contributed by atoms with Crippen molar-refractivity contribution in [2.24, 2.45) is 5.73 Å². The van der Waals surface area contributed by atoms with Crippen LogP contribution in [0.2, 0.25) is 0 Å². The smallest absolute Gasteiger partial charge is 0.294 e. The van der Waals surface area contributed by atoms with Gasteiger partial charge >= 0.3 is 0 Å². The van der Waals surface area contributed by atoms with Crippen molar-refractivity contribution in [3.63, 3.8) is 0 Å². The number of nitrogens with two attached hydrogens (primary N) is 1. The van der Waals surface area contributed by atoms with Crippen LogP contribution in [0.3, 0.4) is 0 Å². The molecule has 11 heteroatoms. The van der Waals surface area contributed by atoms with Crippen LogP contribution < -0.4 is 11.3 Å². The molecule has 0 fully saturated rings. The van der Waals surface area contributed by atoms with Crippen molar-refractivity contribution in [1.82, 2.24) is 24.7 Å². The third-order valence-corrected chi connectivity index (χ3v) is 6.50. The van der Waals surface area contributed by atoms with Gasteiger partial charge in [0.15, 0.2) is 11.0 Å². The lowest BCUT2D eigenvalue weighted by Gasteiger charge is -2.08. The minimum Gasteiger partial charge on any atom is -0.449 e. The Morgan fingerprint density at radius 1 is 1.23 bits per heavy atom. The van der Waals surface area contributed by atoms with Gasteiger partial charge in [0, 0.05) is 18.4 Å². The zero-order valence-corrected chi connectivity index (χ0v) is 17.7. The number of primary amides is 1. The first-order valence-electron chi connectivity index (χ1n) is 9.39. The van der Waals surface area contributed by atoms with Crippen LogP contribution in [0.25, 0.3) is 32.8 Å². The van der Waals surface area contributed by atoms with Crippen molar-refractivity contribution in [2.45, 2.75) is 23.9 Å². The highest BCUT2D eigenvalue weighted by atomic mass is 32.2. The van der Waals surface area contributed by atoms with E-state index >= 15 is 0 Å². The minimum absolute atomic E-state index is 0.173. The summed E-state index contributed by atoms with van der Waals surface area (Å²) < 4.78 is 7.50. The molecule has 9 nitrogen and oxygen atoms in total. The lowest BCUT2D eigenvalue weighted by molar-refractivity contribution is -0.118. The Morgan fingerprint density at radius 2 is 2.10 bits per heavy atom. The molecule has 0 aliphatic heterocycles. The van der Waals surface area contributed by atoms with E-state index in [9.17, 15) is 9.59 Å². The van der Waals surface area contributed by atoms with E-state index in [-0.39, 0.29) is 17.6 Å². The van der Waals surface area contributed by atoms with Gasteiger partial charge in [-0.3, -0.25) is 9.59 Å². The lowest BCUT2D eigenvalue weighted by Crippen LogP contribution is -2.15. The van der Waals surface area contributed by atoms with E-state index < -0.39 is 5.91 Å². The summed E-state index contributed by atoms with van der Waals surface area (Å²) in [5.41, 5.74) is 6.37. The van der Waals surface area contributed by atoms with Gasteiger partial charge in [-0.15, -0.1) is 21.5 Å². The minimum atomic E-state index is -0.398. The van der Waals surface area contributed by atoms with Gasteiger partial charge in [0.25, 0.3) is 5.56 Å². The number of H-pyrrole nitrogens is 1. The number of furan rings is 1. The second-order valence-electron chi connectivity index (χ2n) is 6.73. The molecular formula is C20H16N6O3S2. The summed E-state index contributed by atoms with van der Waals surface area (Å²) >= 11 is 2.91. The monoisotopic (exact) mass is 452 g/mol. The lowest BCUT2D eigenvalue weighted by atomic mass is 10.2. The van der Waals surface area contributed by atoms with Crippen LogP contribution >= 0.6 is 23.1 Å². The number of carbonyl (C=O) groups excluding carboxylic acids is 1. The summed E-state index contributed by atoms with van der Waals surface area (Å²) in [4.78, 5) is 32.2. The highest BCUT2D eigenvalue weighted by Crippen LogP contribution is 2.29. The van der Waals surface area contributed by atoms with Gasteiger partial charge in [-0.05, 0) is 23.6 Å². The molecule has 31 heavy (non-hydrogen) atoms. The molecular weight excluding hydrogens is 436 g/mol. The number of fused-ring (bicyclic) bond motifs is 3. The van der Waals surface area contributed by atoms with Gasteiger partial charge < -0.3 is 19.7 Å². The van der Waals surface area contributed by atoms with E-state index in [0.29, 0.717) is 40.2 Å². The van der Waals surface area contributed by atoms with E-state index in [0.717, 1.165) is 10.3 Å². The molecule has 4 aromatic heterocycles. The fourth-order valence-corrected chi connectivity index (χ4v) is 4.81. The van der Waals surface area contributed by atoms with Gasteiger partial charge in [0.05, 0.1) is 10.6 Å². The Kier molecular flexibility index (Phi) is 5.04. The first-order chi connectivity index (χ1) is 15.1. The maximum atomic E-state index is 12.5. The SMILES string of the molecule is NC(=O)CCn1c(SCc2nc3c(oc4ccccc43)c(=O)[nH]2)nnc1-c1cccs1. The number of para-hydroxylation sites is 1. The molecule has 3 N–H and O–H groups in total. The van der Waals surface area contributed by atoms with Crippen molar-refractivity contribution in [1.29, 1.82) is 0 Å². The van der Waals surface area contributed by atoms with Crippen LogP contribution in [-0.2, 0) is 17.1 Å². The molecule has 0 atom stereocenters. The Balaban J connectivity index is 1.47. The summed E-state index contributed by atoms with van der Waals surface area (Å²) in [6.45, 7) is 0.368. The van der Waals surface area contributed by atoms with Crippen LogP contribution in [0.4, 0.5) is 0 Å². The molecule has 4 heterocycles. The number of thiophene rings is 1. The average Bonchev–Trinajstić information content (AvgIpc) is 3.49. The fraction of sp³-hybridized carbons (Fsp3) is 0.150. The number of amides is 1. The Morgan fingerprint density at radius 3 is 2.90 bits per heavy atom. The number of carbonyl (C=O) groups is 1. The van der Waals surface area contributed by atoms with Crippen LogP contribution in [0.5, 0.6) is 0 Å². The molecule has 0 spiro atoms. The van der Waals surface area contributed by atoms with E-state index in [1.807, 2.05) is 40.3 Å². The number of rotatable bonds is 7. The fourth-order valence-electron chi connectivity index (χ4n) is 3.26. The third kappa shape index (κ3) is 3.73. The highest BCUT2D eigenvalue weighted by molar-refractivity contribution is 7.98. The van der Waals surface area contributed by atoms with Gasteiger partial charge in [0.2, 0.25) is 11.5 Å². The first-order valence-corrected chi connectivity index (χ1v) is 11.3. The second-order valence-corrected chi connectivity index (χ2v) is 8.62. The molecule has 0 bridgehead atoms. The Hall–Kier alpha value is -3.44. The number of aromatic amines is 1. The number of thioether (sulfide) groups is 1. The van der Waals surface area contributed by atoms with Crippen LogP contribution in [0.15, 0.2) is 56.1 Å². The van der Waals surface area contributed by atoms with Gasteiger partial charge in [-0.2, -0.15) is 0 Å². The van der Waals surface area contributed by atoms with E-state index in [1.54, 1.807) is 6.07 Å². The molecule has 0 radical (unpaired) electrons. The first kappa shape index (κ1) is 19.5. The summed E-state index contributed by atoms with van der Waals surface area (Å²) in [5, 5.41) is 11.9. The molecule has 0 aliphatic rings. The summed E-state index contributed by atoms with van der Waals surface area (Å²) in [7, 11) is 0. The van der Waals surface area contributed by atoms with Gasteiger partial charge in [-0.25, -0.2) is 4.98 Å². The molecule has 0 saturated carbocycles. The topological polar surface area (TPSA) is 133 Å². The van der Waals surface area contributed by atoms with E-state index in [4.69, 9.17) is 10.2 Å². The molecule has 0 aliphatic carbocycles. The van der Waals surface area contributed by atoms with Crippen molar-refractivity contribution < 1.29 is 9.21 Å². The highest BCUT2D eigenvalue weighted by Gasteiger charge is 2.17. The molecule has 5 rings (SSSR count). The van der Waals surface area contributed by atoms with Crippen LogP contribution in [-0.4, -0.2) is 30.6 Å². The van der Waals surface area contributed by atoms with Crippen molar-refractivity contribution >= 4 is 51.1 Å². The molecule has 0 unspecified atom stereocenters. The van der Waals surface area contributed by atoms with E-state index in [1.165, 1.54) is 23.1 Å². The predicted molar refractivity (Wildman–Crippen MR) is 119 cm³/mol. The van der Waals surface area contributed by atoms with Crippen molar-refractivity contribution in [2.75, 3.05) is 0 Å². The zero-order valence-electron chi connectivity index (χ0n) is 16.1. The zero-order chi connectivity index (χ0) is 21.4.